The van der Waals surface area contributed by atoms with Crippen molar-refractivity contribution < 1.29 is 5.11 Å². The van der Waals surface area contributed by atoms with Crippen molar-refractivity contribution in [3.63, 3.8) is 0 Å². The molecule has 2 atom stereocenters. The van der Waals surface area contributed by atoms with Crippen molar-refractivity contribution in [3.8, 4) is 22.5 Å². The van der Waals surface area contributed by atoms with E-state index in [1.54, 1.807) is 4.57 Å². The molecule has 1 aliphatic carbocycles. The van der Waals surface area contributed by atoms with E-state index in [2.05, 4.69) is 32.5 Å². The molecule has 182 valence electrons. The van der Waals surface area contributed by atoms with Crippen LogP contribution in [0, 0.1) is 0 Å². The number of aryl methyl sites for hydroxylation is 1. The molecule has 0 radical (unpaired) electrons. The van der Waals surface area contributed by atoms with E-state index in [-0.39, 0.29) is 11.7 Å². The third kappa shape index (κ3) is 4.81. The normalized spacial score (nSPS) is 18.1. The molecule has 0 amide bonds. The van der Waals surface area contributed by atoms with Gasteiger partial charge in [0, 0.05) is 29.2 Å². The first-order valence-corrected chi connectivity index (χ1v) is 12.4. The SMILES string of the molecule is CCCCc1cn(C2CCCCC2O)c(=O)n1Cc1ccc(-c2ccccc2-c2nn[nH]n2)cn1. The zero-order valence-corrected chi connectivity index (χ0v) is 20.0. The van der Waals surface area contributed by atoms with Gasteiger partial charge in [0.15, 0.2) is 0 Å². The van der Waals surface area contributed by atoms with Gasteiger partial charge in [0.05, 0.1) is 24.4 Å². The summed E-state index contributed by atoms with van der Waals surface area (Å²) in [6, 6.07) is 11.7. The topological polar surface area (TPSA) is 115 Å². The van der Waals surface area contributed by atoms with Crippen LogP contribution in [0.5, 0.6) is 0 Å². The average molecular weight is 474 g/mol. The highest BCUT2D eigenvalue weighted by atomic mass is 16.3. The molecule has 0 aliphatic heterocycles. The molecule has 4 aromatic rings. The van der Waals surface area contributed by atoms with Gasteiger partial charge in [-0.1, -0.05) is 56.5 Å². The van der Waals surface area contributed by atoms with Crippen molar-refractivity contribution >= 4 is 0 Å². The summed E-state index contributed by atoms with van der Waals surface area (Å²) in [6.45, 7) is 2.55. The van der Waals surface area contributed by atoms with Crippen LogP contribution < -0.4 is 5.69 Å². The standard InChI is InChI=1S/C26H31N7O2/c1-2-3-8-20-17-33(23-11-6-7-12-24(23)34)26(35)32(20)16-19-14-13-18(15-27-19)21-9-4-5-10-22(21)25-28-30-31-29-25/h4-5,9-10,13-15,17,23-24,34H,2-3,6-8,11-12,16H2,1H3,(H,28,29,30,31). The number of tetrazole rings is 1. The fourth-order valence-electron chi connectivity index (χ4n) is 4.97. The second-order valence-corrected chi connectivity index (χ2v) is 9.24. The molecular weight excluding hydrogens is 442 g/mol. The van der Waals surface area contributed by atoms with Crippen LogP contribution in [0.2, 0.25) is 0 Å². The second kappa shape index (κ2) is 10.4. The number of hydrogen-bond donors (Lipinski definition) is 2. The van der Waals surface area contributed by atoms with Crippen molar-refractivity contribution in [1.82, 2.24) is 34.7 Å². The number of aromatic nitrogens is 7. The van der Waals surface area contributed by atoms with Gasteiger partial charge in [-0.3, -0.25) is 14.1 Å². The number of H-pyrrole nitrogens is 1. The van der Waals surface area contributed by atoms with Gasteiger partial charge in [-0.25, -0.2) is 4.79 Å². The zero-order chi connectivity index (χ0) is 24.2. The van der Waals surface area contributed by atoms with Crippen molar-refractivity contribution in [2.45, 2.75) is 70.6 Å². The number of nitrogens with zero attached hydrogens (tertiary/aromatic N) is 6. The first kappa shape index (κ1) is 23.2. The zero-order valence-electron chi connectivity index (χ0n) is 20.0. The molecule has 1 aromatic carbocycles. The van der Waals surface area contributed by atoms with E-state index in [4.69, 9.17) is 0 Å². The van der Waals surface area contributed by atoms with Gasteiger partial charge in [-0.15, -0.1) is 10.2 Å². The molecule has 1 saturated carbocycles. The lowest BCUT2D eigenvalue weighted by molar-refractivity contribution is 0.0736. The summed E-state index contributed by atoms with van der Waals surface area (Å²) in [5.41, 5.74) is 4.53. The van der Waals surface area contributed by atoms with Crippen LogP contribution in [-0.4, -0.2) is 46.0 Å². The fraction of sp³-hybridized carbons (Fsp3) is 0.423. The summed E-state index contributed by atoms with van der Waals surface area (Å²) in [5.74, 6) is 0.531. The van der Waals surface area contributed by atoms with Crippen LogP contribution in [-0.2, 0) is 13.0 Å². The van der Waals surface area contributed by atoms with Crippen LogP contribution in [0.4, 0.5) is 0 Å². The number of aromatic amines is 1. The monoisotopic (exact) mass is 473 g/mol. The number of aliphatic hydroxyl groups is 1. The minimum absolute atomic E-state index is 0.0598. The van der Waals surface area contributed by atoms with Crippen LogP contribution in [0.15, 0.2) is 53.6 Å². The predicted molar refractivity (Wildman–Crippen MR) is 133 cm³/mol. The Morgan fingerprint density at radius 3 is 2.66 bits per heavy atom. The molecule has 35 heavy (non-hydrogen) atoms. The Balaban J connectivity index is 1.43. The lowest BCUT2D eigenvalue weighted by atomic mass is 9.92. The van der Waals surface area contributed by atoms with E-state index >= 15 is 0 Å². The molecule has 2 unspecified atom stereocenters. The molecule has 3 heterocycles. The highest BCUT2D eigenvalue weighted by Gasteiger charge is 2.27. The number of imidazole rings is 1. The molecule has 0 saturated heterocycles. The molecule has 1 aliphatic rings. The number of rotatable bonds is 8. The van der Waals surface area contributed by atoms with E-state index in [9.17, 15) is 9.90 Å². The Hall–Kier alpha value is -3.59. The van der Waals surface area contributed by atoms with Crippen LogP contribution in [0.3, 0.4) is 0 Å². The minimum Gasteiger partial charge on any atom is -0.391 e. The molecule has 3 aromatic heterocycles. The van der Waals surface area contributed by atoms with E-state index in [0.29, 0.717) is 12.4 Å². The lowest BCUT2D eigenvalue weighted by Crippen LogP contribution is -2.35. The Morgan fingerprint density at radius 2 is 1.94 bits per heavy atom. The molecule has 0 spiro atoms. The molecular formula is C26H31N7O2. The van der Waals surface area contributed by atoms with Crippen molar-refractivity contribution in [3.05, 3.63) is 70.7 Å². The molecule has 9 heteroatoms. The van der Waals surface area contributed by atoms with Gasteiger partial charge in [0.1, 0.15) is 0 Å². The third-order valence-corrected chi connectivity index (χ3v) is 6.89. The highest BCUT2D eigenvalue weighted by Crippen LogP contribution is 2.30. The summed E-state index contributed by atoms with van der Waals surface area (Å²) in [4.78, 5) is 18.1. The van der Waals surface area contributed by atoms with Crippen molar-refractivity contribution in [2.75, 3.05) is 0 Å². The van der Waals surface area contributed by atoms with Gasteiger partial charge in [-0.05, 0) is 42.5 Å². The number of aliphatic hydroxyl groups excluding tert-OH is 1. The number of unbranched alkanes of at least 4 members (excludes halogenated alkanes) is 1. The largest absolute Gasteiger partial charge is 0.391 e. The van der Waals surface area contributed by atoms with E-state index in [0.717, 1.165) is 73.0 Å². The Bertz CT molecular complexity index is 1310. The Kier molecular flexibility index (Phi) is 6.85. The number of benzene rings is 1. The van der Waals surface area contributed by atoms with Gasteiger partial charge < -0.3 is 5.11 Å². The van der Waals surface area contributed by atoms with E-state index in [1.165, 1.54) is 0 Å². The van der Waals surface area contributed by atoms with Gasteiger partial charge in [-0.2, -0.15) is 5.21 Å². The summed E-state index contributed by atoms with van der Waals surface area (Å²) in [7, 11) is 0. The molecule has 2 N–H and O–H groups in total. The van der Waals surface area contributed by atoms with Gasteiger partial charge in [0.25, 0.3) is 0 Å². The summed E-state index contributed by atoms with van der Waals surface area (Å²) in [6.07, 6.45) is 9.87. The van der Waals surface area contributed by atoms with Crippen molar-refractivity contribution in [1.29, 1.82) is 0 Å². The quantitative estimate of drug-likeness (QED) is 0.403. The molecule has 5 rings (SSSR count). The smallest absolute Gasteiger partial charge is 0.329 e. The summed E-state index contributed by atoms with van der Waals surface area (Å²) >= 11 is 0. The van der Waals surface area contributed by atoms with Crippen molar-refractivity contribution in [2.24, 2.45) is 0 Å². The van der Waals surface area contributed by atoms with Crippen LogP contribution >= 0.6 is 0 Å². The Morgan fingerprint density at radius 1 is 1.11 bits per heavy atom. The third-order valence-electron chi connectivity index (χ3n) is 6.89. The average Bonchev–Trinajstić information content (AvgIpc) is 3.53. The number of nitrogens with one attached hydrogen (secondary N) is 1. The highest BCUT2D eigenvalue weighted by molar-refractivity contribution is 5.79. The predicted octanol–water partition coefficient (Wildman–Crippen LogP) is 3.76. The fourth-order valence-corrected chi connectivity index (χ4v) is 4.97. The maximum absolute atomic E-state index is 13.4. The second-order valence-electron chi connectivity index (χ2n) is 9.24. The molecule has 9 nitrogen and oxygen atoms in total. The molecule has 0 bridgehead atoms. The minimum atomic E-state index is -0.465. The van der Waals surface area contributed by atoms with E-state index in [1.807, 2.05) is 53.4 Å². The summed E-state index contributed by atoms with van der Waals surface area (Å²) in [5, 5.41) is 24.9. The van der Waals surface area contributed by atoms with Crippen LogP contribution in [0.25, 0.3) is 22.5 Å². The molecule has 1 fully saturated rings. The van der Waals surface area contributed by atoms with Gasteiger partial charge >= 0.3 is 5.69 Å². The summed E-state index contributed by atoms with van der Waals surface area (Å²) < 4.78 is 3.59. The van der Waals surface area contributed by atoms with E-state index < -0.39 is 6.10 Å². The lowest BCUT2D eigenvalue weighted by Gasteiger charge is -2.27. The van der Waals surface area contributed by atoms with Gasteiger partial charge in [0.2, 0.25) is 5.82 Å². The number of pyridine rings is 1. The maximum Gasteiger partial charge on any atom is 0.329 e. The maximum atomic E-state index is 13.4. The first-order chi connectivity index (χ1) is 17.2. The Labute approximate surface area is 203 Å². The first-order valence-electron chi connectivity index (χ1n) is 12.4. The van der Waals surface area contributed by atoms with Crippen LogP contribution in [0.1, 0.15) is 62.9 Å². The number of hydrogen-bond acceptors (Lipinski definition) is 6.